The van der Waals surface area contributed by atoms with Crippen LogP contribution in [0.25, 0.3) is 16.5 Å². The summed E-state index contributed by atoms with van der Waals surface area (Å²) >= 11 is 0. The van der Waals surface area contributed by atoms with Crippen molar-refractivity contribution in [3.8, 4) is 0 Å². The number of halogens is 1. The van der Waals surface area contributed by atoms with Crippen molar-refractivity contribution >= 4 is 26.5 Å². The lowest BCUT2D eigenvalue weighted by molar-refractivity contribution is 0.441. The van der Waals surface area contributed by atoms with Crippen LogP contribution in [0.3, 0.4) is 0 Å². The summed E-state index contributed by atoms with van der Waals surface area (Å²) in [7, 11) is -3.51. The second-order valence-electron chi connectivity index (χ2n) is 8.35. The zero-order valence-electron chi connectivity index (χ0n) is 18.4. The van der Waals surface area contributed by atoms with Gasteiger partial charge in [-0.05, 0) is 54.8 Å². The highest BCUT2D eigenvalue weighted by molar-refractivity contribution is 7.89. The molecule has 0 fully saturated rings. The normalized spacial score (nSPS) is 15.0. The molecule has 3 aromatic carbocycles. The van der Waals surface area contributed by atoms with E-state index in [1.54, 1.807) is 28.6 Å². The molecule has 0 spiro atoms. The number of sulfonamides is 1. The number of benzene rings is 3. The molecule has 168 valence electrons. The SMILES string of the molecule is Cc1c(C2=CCN(S(=O)(=O)c3ccccc3)CC2)c2ccccc2n1Cc1ccc(F)cc1. The molecule has 4 nitrogen and oxygen atoms in total. The van der Waals surface area contributed by atoms with E-state index in [0.29, 0.717) is 31.0 Å². The average Bonchev–Trinajstić information content (AvgIpc) is 3.12. The van der Waals surface area contributed by atoms with E-state index in [2.05, 4.69) is 23.6 Å². The maximum absolute atomic E-state index is 13.4. The number of aromatic nitrogens is 1. The van der Waals surface area contributed by atoms with Crippen LogP contribution in [0.4, 0.5) is 4.39 Å². The van der Waals surface area contributed by atoms with Gasteiger partial charge in [0.2, 0.25) is 10.0 Å². The van der Waals surface area contributed by atoms with Crippen LogP contribution in [0.2, 0.25) is 0 Å². The summed E-state index contributed by atoms with van der Waals surface area (Å²) in [6.07, 6.45) is 2.69. The fourth-order valence-electron chi connectivity index (χ4n) is 4.65. The van der Waals surface area contributed by atoms with Gasteiger partial charge in [0, 0.05) is 41.8 Å². The maximum Gasteiger partial charge on any atom is 0.243 e. The van der Waals surface area contributed by atoms with E-state index in [9.17, 15) is 12.8 Å². The van der Waals surface area contributed by atoms with Crippen molar-refractivity contribution in [3.05, 3.63) is 108 Å². The van der Waals surface area contributed by atoms with Crippen LogP contribution in [0.1, 0.15) is 23.2 Å². The van der Waals surface area contributed by atoms with Crippen LogP contribution in [0, 0.1) is 12.7 Å². The van der Waals surface area contributed by atoms with Gasteiger partial charge in [-0.3, -0.25) is 0 Å². The van der Waals surface area contributed by atoms with Crippen LogP contribution >= 0.6 is 0 Å². The monoisotopic (exact) mass is 460 g/mol. The van der Waals surface area contributed by atoms with Crippen molar-refractivity contribution < 1.29 is 12.8 Å². The molecule has 0 bridgehead atoms. The number of hydrogen-bond donors (Lipinski definition) is 0. The molecule has 33 heavy (non-hydrogen) atoms. The zero-order chi connectivity index (χ0) is 23.0. The Morgan fingerprint density at radius 1 is 0.909 bits per heavy atom. The molecule has 0 unspecified atom stereocenters. The molecule has 0 radical (unpaired) electrons. The van der Waals surface area contributed by atoms with Gasteiger partial charge in [0.1, 0.15) is 5.82 Å². The second-order valence-corrected chi connectivity index (χ2v) is 10.3. The maximum atomic E-state index is 13.4. The standard InChI is InChI=1S/C27H25FN2O2S/c1-20-27(22-15-17-29(18-16-22)33(31,32)24-7-3-2-4-8-24)25-9-5-6-10-26(25)30(20)19-21-11-13-23(28)14-12-21/h2-15H,16-19H2,1H3. The highest BCUT2D eigenvalue weighted by Crippen LogP contribution is 2.35. The highest BCUT2D eigenvalue weighted by Gasteiger charge is 2.27. The summed E-state index contributed by atoms with van der Waals surface area (Å²) < 4.78 is 43.2. The number of fused-ring (bicyclic) bond motifs is 1. The summed E-state index contributed by atoms with van der Waals surface area (Å²) in [6, 6.07) is 23.5. The van der Waals surface area contributed by atoms with Crippen LogP contribution in [-0.4, -0.2) is 30.4 Å². The molecule has 0 amide bonds. The van der Waals surface area contributed by atoms with E-state index in [1.807, 2.05) is 36.4 Å². The lowest BCUT2D eigenvalue weighted by Gasteiger charge is -2.26. The molecule has 0 aliphatic carbocycles. The molecule has 1 aliphatic heterocycles. The third kappa shape index (κ3) is 4.01. The first-order valence-electron chi connectivity index (χ1n) is 11.0. The van der Waals surface area contributed by atoms with Crippen molar-refractivity contribution in [3.63, 3.8) is 0 Å². The van der Waals surface area contributed by atoms with E-state index >= 15 is 0 Å². The molecular weight excluding hydrogens is 435 g/mol. The van der Waals surface area contributed by atoms with E-state index in [1.165, 1.54) is 23.3 Å². The first kappa shape index (κ1) is 21.6. The van der Waals surface area contributed by atoms with E-state index in [0.717, 1.165) is 22.2 Å². The summed E-state index contributed by atoms with van der Waals surface area (Å²) in [6.45, 7) is 3.55. The lowest BCUT2D eigenvalue weighted by atomic mass is 9.97. The Kier molecular flexibility index (Phi) is 5.64. The smallest absolute Gasteiger partial charge is 0.243 e. The summed E-state index contributed by atoms with van der Waals surface area (Å²) in [5.41, 5.74) is 5.62. The molecule has 4 aromatic rings. The van der Waals surface area contributed by atoms with Crippen LogP contribution < -0.4 is 0 Å². The van der Waals surface area contributed by atoms with Crippen molar-refractivity contribution in [2.75, 3.05) is 13.1 Å². The van der Waals surface area contributed by atoms with E-state index in [4.69, 9.17) is 0 Å². The Morgan fingerprint density at radius 2 is 1.61 bits per heavy atom. The molecular formula is C27H25FN2O2S. The van der Waals surface area contributed by atoms with Gasteiger partial charge in [0.05, 0.1) is 4.90 Å². The second kappa shape index (κ2) is 8.61. The topological polar surface area (TPSA) is 42.3 Å². The number of hydrogen-bond acceptors (Lipinski definition) is 2. The summed E-state index contributed by atoms with van der Waals surface area (Å²) in [5.74, 6) is -0.240. The van der Waals surface area contributed by atoms with Gasteiger partial charge in [-0.25, -0.2) is 12.8 Å². The first-order valence-corrected chi connectivity index (χ1v) is 12.5. The van der Waals surface area contributed by atoms with Crippen molar-refractivity contribution in [1.29, 1.82) is 0 Å². The molecule has 1 aliphatic rings. The number of para-hydroxylation sites is 1. The minimum absolute atomic E-state index is 0.240. The molecule has 2 heterocycles. The molecule has 6 heteroatoms. The number of nitrogens with zero attached hydrogens (tertiary/aromatic N) is 2. The Morgan fingerprint density at radius 3 is 2.30 bits per heavy atom. The average molecular weight is 461 g/mol. The van der Waals surface area contributed by atoms with Gasteiger partial charge >= 0.3 is 0 Å². The van der Waals surface area contributed by atoms with Gasteiger partial charge < -0.3 is 4.57 Å². The molecule has 0 N–H and O–H groups in total. The summed E-state index contributed by atoms with van der Waals surface area (Å²) in [5, 5.41) is 1.16. The van der Waals surface area contributed by atoms with E-state index in [-0.39, 0.29) is 5.82 Å². The Balaban J connectivity index is 1.49. The third-order valence-corrected chi connectivity index (χ3v) is 8.24. The Hall–Kier alpha value is -3.22. The van der Waals surface area contributed by atoms with Crippen LogP contribution in [0.15, 0.2) is 89.8 Å². The Bertz CT molecular complexity index is 1440. The van der Waals surface area contributed by atoms with Gasteiger partial charge in [-0.2, -0.15) is 4.31 Å². The first-order chi connectivity index (χ1) is 15.9. The minimum Gasteiger partial charge on any atom is -0.340 e. The predicted molar refractivity (Wildman–Crippen MR) is 130 cm³/mol. The van der Waals surface area contributed by atoms with Gasteiger partial charge in [0.25, 0.3) is 0 Å². The molecule has 0 saturated heterocycles. The zero-order valence-corrected chi connectivity index (χ0v) is 19.2. The van der Waals surface area contributed by atoms with Crippen LogP contribution in [0.5, 0.6) is 0 Å². The minimum atomic E-state index is -3.51. The Labute approximate surface area is 193 Å². The molecule has 1 aromatic heterocycles. The predicted octanol–water partition coefficient (Wildman–Crippen LogP) is 5.62. The van der Waals surface area contributed by atoms with Crippen LogP contribution in [-0.2, 0) is 16.6 Å². The third-order valence-electron chi connectivity index (χ3n) is 6.36. The van der Waals surface area contributed by atoms with Crippen molar-refractivity contribution in [1.82, 2.24) is 8.87 Å². The molecule has 0 atom stereocenters. The summed E-state index contributed by atoms with van der Waals surface area (Å²) in [4.78, 5) is 0.328. The fourth-order valence-corrected chi connectivity index (χ4v) is 6.05. The molecule has 0 saturated carbocycles. The van der Waals surface area contributed by atoms with E-state index < -0.39 is 10.0 Å². The van der Waals surface area contributed by atoms with Gasteiger partial charge in [-0.15, -0.1) is 0 Å². The largest absolute Gasteiger partial charge is 0.340 e. The van der Waals surface area contributed by atoms with Crippen molar-refractivity contribution in [2.45, 2.75) is 24.8 Å². The quantitative estimate of drug-likeness (QED) is 0.388. The fraction of sp³-hybridized carbons (Fsp3) is 0.185. The van der Waals surface area contributed by atoms with Gasteiger partial charge in [0.15, 0.2) is 0 Å². The van der Waals surface area contributed by atoms with Crippen molar-refractivity contribution in [2.24, 2.45) is 0 Å². The lowest BCUT2D eigenvalue weighted by Crippen LogP contribution is -2.34. The van der Waals surface area contributed by atoms with Gasteiger partial charge in [-0.1, -0.05) is 54.6 Å². The molecule has 5 rings (SSSR count). The highest BCUT2D eigenvalue weighted by atomic mass is 32.2. The number of rotatable bonds is 5.